The second-order valence-electron chi connectivity index (χ2n) is 3.81. The van der Waals surface area contributed by atoms with Crippen LogP contribution in [-0.2, 0) is 11.3 Å². The molecule has 2 heterocycles. The van der Waals surface area contributed by atoms with Gasteiger partial charge in [-0.15, -0.1) is 10.2 Å². The smallest absolute Gasteiger partial charge is 0.235 e. The number of methoxy groups -OCH3 is 1. The number of aromatic nitrogens is 4. The fraction of sp³-hybridized carbons (Fsp3) is 0.182. The Kier molecular flexibility index (Phi) is 3.09. The molecule has 0 radical (unpaired) electrons. The van der Waals surface area contributed by atoms with Gasteiger partial charge in [0.1, 0.15) is 12.4 Å². The molecule has 0 aliphatic rings. The number of fused-ring (bicyclic) bond motifs is 1. The van der Waals surface area contributed by atoms with E-state index in [4.69, 9.17) is 16.3 Å². The van der Waals surface area contributed by atoms with Crippen LogP contribution in [0.15, 0.2) is 18.2 Å². The molecule has 0 atom stereocenters. The third-order valence-electron chi connectivity index (χ3n) is 2.52. The monoisotopic (exact) mass is 296 g/mol. The molecule has 6 nitrogen and oxygen atoms in total. The number of phenols is 1. The van der Waals surface area contributed by atoms with Crippen molar-refractivity contribution in [2.45, 2.75) is 6.61 Å². The van der Waals surface area contributed by atoms with Crippen LogP contribution in [0.1, 0.15) is 5.82 Å². The van der Waals surface area contributed by atoms with E-state index in [2.05, 4.69) is 15.3 Å². The van der Waals surface area contributed by atoms with Gasteiger partial charge in [-0.2, -0.15) is 9.61 Å². The Labute approximate surface area is 117 Å². The number of hydrogen-bond acceptors (Lipinski definition) is 6. The Morgan fingerprint density at radius 2 is 2.26 bits per heavy atom. The molecular weight excluding hydrogens is 288 g/mol. The topological polar surface area (TPSA) is 72.5 Å². The van der Waals surface area contributed by atoms with Gasteiger partial charge >= 0.3 is 0 Å². The van der Waals surface area contributed by atoms with Crippen LogP contribution in [-0.4, -0.2) is 32.0 Å². The Balaban J connectivity index is 2.10. The Hall–Kier alpha value is -1.70. The van der Waals surface area contributed by atoms with Crippen molar-refractivity contribution < 1.29 is 9.84 Å². The van der Waals surface area contributed by atoms with Gasteiger partial charge in [-0.05, 0) is 18.2 Å². The maximum Gasteiger partial charge on any atom is 0.235 e. The van der Waals surface area contributed by atoms with Crippen LogP contribution < -0.4 is 0 Å². The third-order valence-corrected chi connectivity index (χ3v) is 3.69. The summed E-state index contributed by atoms with van der Waals surface area (Å²) >= 11 is 7.14. The zero-order valence-corrected chi connectivity index (χ0v) is 11.4. The second-order valence-corrected chi connectivity index (χ2v) is 5.20. The van der Waals surface area contributed by atoms with Gasteiger partial charge in [0.2, 0.25) is 4.96 Å². The van der Waals surface area contributed by atoms with E-state index in [-0.39, 0.29) is 5.75 Å². The molecule has 1 N–H and O–H groups in total. The van der Waals surface area contributed by atoms with Crippen LogP contribution >= 0.6 is 22.9 Å². The fourth-order valence-corrected chi connectivity index (χ4v) is 2.73. The molecule has 8 heteroatoms. The fourth-order valence-electron chi connectivity index (χ4n) is 1.67. The number of phenolic OH excluding ortho intramolecular Hbond substituents is 1. The number of halogens is 1. The van der Waals surface area contributed by atoms with E-state index in [9.17, 15) is 5.11 Å². The summed E-state index contributed by atoms with van der Waals surface area (Å²) in [4.78, 5) is 0.649. The largest absolute Gasteiger partial charge is 0.507 e. The molecule has 0 bridgehead atoms. The SMILES string of the molecule is COCc1nnc2sc(-c3ccc(Cl)cc3O)nn12. The molecule has 0 aliphatic carbocycles. The van der Waals surface area contributed by atoms with Crippen LogP contribution in [0.25, 0.3) is 15.5 Å². The highest BCUT2D eigenvalue weighted by Crippen LogP contribution is 2.34. The average molecular weight is 297 g/mol. The summed E-state index contributed by atoms with van der Waals surface area (Å²) in [7, 11) is 1.58. The van der Waals surface area contributed by atoms with Crippen LogP contribution in [0.2, 0.25) is 5.02 Å². The molecule has 3 aromatic rings. The van der Waals surface area contributed by atoms with Gasteiger partial charge in [0.25, 0.3) is 0 Å². The summed E-state index contributed by atoms with van der Waals surface area (Å²) in [5.74, 6) is 0.708. The van der Waals surface area contributed by atoms with Gasteiger partial charge in [-0.25, -0.2) is 0 Å². The highest BCUT2D eigenvalue weighted by Gasteiger charge is 2.15. The second kappa shape index (κ2) is 4.76. The molecule has 0 saturated carbocycles. The zero-order valence-electron chi connectivity index (χ0n) is 9.87. The van der Waals surface area contributed by atoms with Crippen molar-refractivity contribution in [1.82, 2.24) is 19.8 Å². The Bertz CT molecular complexity index is 739. The number of ether oxygens (including phenoxy) is 1. The van der Waals surface area contributed by atoms with Crippen molar-refractivity contribution in [2.24, 2.45) is 0 Å². The molecule has 0 unspecified atom stereocenters. The predicted molar refractivity (Wildman–Crippen MR) is 71.5 cm³/mol. The maximum absolute atomic E-state index is 9.89. The lowest BCUT2D eigenvalue weighted by molar-refractivity contribution is 0.176. The van der Waals surface area contributed by atoms with Crippen molar-refractivity contribution in [3.05, 3.63) is 29.0 Å². The third kappa shape index (κ3) is 2.16. The van der Waals surface area contributed by atoms with Crippen LogP contribution in [0.3, 0.4) is 0 Å². The summed E-state index contributed by atoms with van der Waals surface area (Å²) in [5, 5.41) is 23.4. The van der Waals surface area contributed by atoms with Gasteiger partial charge in [0, 0.05) is 12.1 Å². The minimum absolute atomic E-state index is 0.0887. The van der Waals surface area contributed by atoms with E-state index >= 15 is 0 Å². The van der Waals surface area contributed by atoms with E-state index in [1.807, 2.05) is 0 Å². The van der Waals surface area contributed by atoms with Gasteiger partial charge in [0.05, 0.1) is 5.56 Å². The molecule has 98 valence electrons. The zero-order chi connectivity index (χ0) is 13.4. The van der Waals surface area contributed by atoms with Gasteiger partial charge in [0.15, 0.2) is 10.8 Å². The molecule has 19 heavy (non-hydrogen) atoms. The number of benzene rings is 1. The normalized spacial score (nSPS) is 11.3. The molecule has 0 aliphatic heterocycles. The van der Waals surface area contributed by atoms with E-state index < -0.39 is 0 Å². The number of hydrogen-bond donors (Lipinski definition) is 1. The first-order chi connectivity index (χ1) is 9.19. The quantitative estimate of drug-likeness (QED) is 0.803. The van der Waals surface area contributed by atoms with E-state index in [1.165, 1.54) is 17.4 Å². The van der Waals surface area contributed by atoms with Crippen molar-refractivity contribution in [3.8, 4) is 16.3 Å². The number of aromatic hydroxyl groups is 1. The van der Waals surface area contributed by atoms with Crippen molar-refractivity contribution in [1.29, 1.82) is 0 Å². The molecule has 0 fully saturated rings. The first-order valence-corrected chi connectivity index (χ1v) is 6.57. The van der Waals surface area contributed by atoms with Crippen LogP contribution in [0, 0.1) is 0 Å². The molecule has 0 saturated heterocycles. The average Bonchev–Trinajstić information content (AvgIpc) is 2.91. The molecule has 0 amide bonds. The Morgan fingerprint density at radius 3 is 3.00 bits per heavy atom. The lowest BCUT2D eigenvalue weighted by atomic mass is 10.2. The van der Waals surface area contributed by atoms with Crippen LogP contribution in [0.4, 0.5) is 0 Å². The first-order valence-electron chi connectivity index (χ1n) is 5.38. The summed E-state index contributed by atoms with van der Waals surface area (Å²) in [5.41, 5.74) is 0.614. The van der Waals surface area contributed by atoms with Crippen LogP contribution in [0.5, 0.6) is 5.75 Å². The van der Waals surface area contributed by atoms with Gasteiger partial charge < -0.3 is 9.84 Å². The highest BCUT2D eigenvalue weighted by atomic mass is 35.5. The minimum atomic E-state index is 0.0887. The number of nitrogens with zero attached hydrogens (tertiary/aromatic N) is 4. The number of rotatable bonds is 3. The molecule has 1 aromatic carbocycles. The Morgan fingerprint density at radius 1 is 1.42 bits per heavy atom. The highest BCUT2D eigenvalue weighted by molar-refractivity contribution is 7.19. The lowest BCUT2D eigenvalue weighted by Gasteiger charge is -2.00. The predicted octanol–water partition coefficient (Wildman–Crippen LogP) is 2.36. The van der Waals surface area contributed by atoms with E-state index in [1.54, 1.807) is 23.8 Å². The van der Waals surface area contributed by atoms with Gasteiger partial charge in [-0.1, -0.05) is 22.9 Å². The van der Waals surface area contributed by atoms with E-state index in [0.717, 1.165) is 0 Å². The minimum Gasteiger partial charge on any atom is -0.507 e. The molecule has 0 spiro atoms. The summed E-state index contributed by atoms with van der Waals surface area (Å²) in [6, 6.07) is 4.91. The standard InChI is InChI=1S/C11H9ClN4O2S/c1-18-5-9-13-14-11-16(9)15-10(19-11)7-3-2-6(12)4-8(7)17/h2-4,17H,5H2,1H3. The van der Waals surface area contributed by atoms with E-state index in [0.29, 0.717) is 33.0 Å². The molecule has 3 rings (SSSR count). The first kappa shape index (κ1) is 12.3. The molecular formula is C11H9ClN4O2S. The summed E-state index contributed by atoms with van der Waals surface area (Å²) in [6.45, 7) is 0.330. The maximum atomic E-state index is 9.89. The summed E-state index contributed by atoms with van der Waals surface area (Å²) in [6.07, 6.45) is 0. The molecule has 2 aromatic heterocycles. The van der Waals surface area contributed by atoms with Crippen molar-refractivity contribution >= 4 is 27.9 Å². The summed E-state index contributed by atoms with van der Waals surface area (Å²) < 4.78 is 6.63. The van der Waals surface area contributed by atoms with Crippen molar-refractivity contribution in [2.75, 3.05) is 7.11 Å². The van der Waals surface area contributed by atoms with Gasteiger partial charge in [-0.3, -0.25) is 0 Å². The lowest BCUT2D eigenvalue weighted by Crippen LogP contribution is -1.97. The van der Waals surface area contributed by atoms with Crippen molar-refractivity contribution in [3.63, 3.8) is 0 Å².